The molecule has 1 amide bonds. The average molecular weight is 391 g/mol. The molecule has 1 atom stereocenters. The number of hydrogen-bond acceptors (Lipinski definition) is 5. The van der Waals surface area contributed by atoms with Crippen molar-refractivity contribution in [3.8, 4) is 17.1 Å². The van der Waals surface area contributed by atoms with Crippen LogP contribution in [0.5, 0.6) is 5.75 Å². The lowest BCUT2D eigenvalue weighted by Crippen LogP contribution is -2.30. The number of para-hydroxylation sites is 1. The van der Waals surface area contributed by atoms with E-state index in [1.54, 1.807) is 7.11 Å². The van der Waals surface area contributed by atoms with E-state index in [0.29, 0.717) is 24.6 Å². The van der Waals surface area contributed by atoms with E-state index in [1.807, 2.05) is 60.4 Å². The van der Waals surface area contributed by atoms with E-state index >= 15 is 0 Å². The van der Waals surface area contributed by atoms with E-state index in [0.717, 1.165) is 41.8 Å². The van der Waals surface area contributed by atoms with Gasteiger partial charge < -0.3 is 14.2 Å². The van der Waals surface area contributed by atoms with Gasteiger partial charge >= 0.3 is 0 Å². The van der Waals surface area contributed by atoms with Crippen LogP contribution in [0.25, 0.3) is 11.4 Å². The largest absolute Gasteiger partial charge is 0.496 e. The second kappa shape index (κ2) is 8.47. The van der Waals surface area contributed by atoms with Gasteiger partial charge in [0.25, 0.3) is 0 Å². The van der Waals surface area contributed by atoms with E-state index in [4.69, 9.17) is 9.26 Å². The summed E-state index contributed by atoms with van der Waals surface area (Å²) >= 11 is 0. The first-order chi connectivity index (χ1) is 14.2. The zero-order chi connectivity index (χ0) is 20.2. The molecule has 0 N–H and O–H groups in total. The molecule has 0 bridgehead atoms. The van der Waals surface area contributed by atoms with Crippen molar-refractivity contribution in [1.29, 1.82) is 0 Å². The highest BCUT2D eigenvalue weighted by molar-refractivity contribution is 5.77. The molecule has 29 heavy (non-hydrogen) atoms. The second-order valence-corrected chi connectivity index (χ2v) is 7.38. The van der Waals surface area contributed by atoms with Gasteiger partial charge in [0.05, 0.1) is 7.11 Å². The van der Waals surface area contributed by atoms with Crippen LogP contribution in [0, 0.1) is 6.92 Å². The summed E-state index contributed by atoms with van der Waals surface area (Å²) in [6.07, 6.45) is 2.85. The number of carbonyl (C=O) groups excluding carboxylic acids is 1. The highest BCUT2D eigenvalue weighted by Crippen LogP contribution is 2.33. The molecular weight excluding hydrogens is 366 g/mol. The molecule has 1 saturated heterocycles. The van der Waals surface area contributed by atoms with Crippen LogP contribution < -0.4 is 4.74 Å². The average Bonchev–Trinajstić information content (AvgIpc) is 3.41. The number of nitrogens with zero attached hydrogens (tertiary/aromatic N) is 3. The van der Waals surface area contributed by atoms with Crippen LogP contribution in [0.4, 0.5) is 0 Å². The van der Waals surface area contributed by atoms with Gasteiger partial charge in [0.2, 0.25) is 17.6 Å². The van der Waals surface area contributed by atoms with Crippen LogP contribution in [0.1, 0.15) is 42.3 Å². The predicted molar refractivity (Wildman–Crippen MR) is 109 cm³/mol. The van der Waals surface area contributed by atoms with Crippen LogP contribution in [0.3, 0.4) is 0 Å². The Morgan fingerprint density at radius 3 is 2.93 bits per heavy atom. The first-order valence-electron chi connectivity index (χ1n) is 9.97. The molecule has 1 aliphatic heterocycles. The van der Waals surface area contributed by atoms with Crippen molar-refractivity contribution in [3.05, 3.63) is 65.5 Å². The van der Waals surface area contributed by atoms with Gasteiger partial charge in [-0.05, 0) is 43.9 Å². The summed E-state index contributed by atoms with van der Waals surface area (Å²) in [5, 5.41) is 4.14. The van der Waals surface area contributed by atoms with Gasteiger partial charge in [-0.3, -0.25) is 4.79 Å². The summed E-state index contributed by atoms with van der Waals surface area (Å²) < 4.78 is 10.9. The van der Waals surface area contributed by atoms with E-state index in [9.17, 15) is 4.79 Å². The Morgan fingerprint density at radius 2 is 2.10 bits per heavy atom. The van der Waals surface area contributed by atoms with Crippen LogP contribution in [0.2, 0.25) is 0 Å². The Bertz CT molecular complexity index is 998. The minimum atomic E-state index is -0.147. The summed E-state index contributed by atoms with van der Waals surface area (Å²) in [6.45, 7) is 2.75. The quantitative estimate of drug-likeness (QED) is 0.625. The molecule has 2 heterocycles. The van der Waals surface area contributed by atoms with E-state index < -0.39 is 0 Å². The zero-order valence-corrected chi connectivity index (χ0v) is 16.8. The van der Waals surface area contributed by atoms with Crippen molar-refractivity contribution in [2.75, 3.05) is 13.7 Å². The maximum absolute atomic E-state index is 12.9. The van der Waals surface area contributed by atoms with E-state index in [1.165, 1.54) is 0 Å². The normalized spacial score (nSPS) is 16.2. The molecule has 150 valence electrons. The molecule has 0 saturated carbocycles. The number of amides is 1. The second-order valence-electron chi connectivity index (χ2n) is 7.38. The maximum Gasteiger partial charge on any atom is 0.249 e. The van der Waals surface area contributed by atoms with Crippen molar-refractivity contribution >= 4 is 5.91 Å². The van der Waals surface area contributed by atoms with Crippen molar-refractivity contribution in [2.24, 2.45) is 0 Å². The molecule has 0 radical (unpaired) electrons. The molecule has 3 aromatic rings. The van der Waals surface area contributed by atoms with Gasteiger partial charge in [0, 0.05) is 18.5 Å². The standard InChI is InChI=1S/C23H25N3O3/c1-16-7-5-9-18(15-16)22-24-23(29-25-22)19-10-6-14-26(19)21(27)13-12-17-8-3-4-11-20(17)28-2/h3-5,7-9,11,15,19H,6,10,12-14H2,1-2H3/t19-/m0/s1. The fraction of sp³-hybridized carbons (Fsp3) is 0.348. The summed E-state index contributed by atoms with van der Waals surface area (Å²) in [4.78, 5) is 19.4. The highest BCUT2D eigenvalue weighted by atomic mass is 16.5. The molecule has 0 spiro atoms. The predicted octanol–water partition coefficient (Wildman–Crippen LogP) is 4.35. The highest BCUT2D eigenvalue weighted by Gasteiger charge is 2.33. The molecule has 1 fully saturated rings. The molecule has 0 aliphatic carbocycles. The van der Waals surface area contributed by atoms with Crippen molar-refractivity contribution in [3.63, 3.8) is 0 Å². The Labute approximate surface area is 170 Å². The Morgan fingerprint density at radius 1 is 1.24 bits per heavy atom. The molecular formula is C23H25N3O3. The fourth-order valence-corrected chi connectivity index (χ4v) is 3.89. The SMILES string of the molecule is COc1ccccc1CCC(=O)N1CCC[C@H]1c1nc(-c2cccc(C)c2)no1. The van der Waals surface area contributed by atoms with Crippen LogP contribution in [0.15, 0.2) is 53.1 Å². The Kier molecular flexibility index (Phi) is 5.60. The lowest BCUT2D eigenvalue weighted by Gasteiger charge is -2.22. The lowest BCUT2D eigenvalue weighted by atomic mass is 10.1. The monoisotopic (exact) mass is 391 g/mol. The molecule has 1 aromatic heterocycles. The summed E-state index contributed by atoms with van der Waals surface area (Å²) in [5.41, 5.74) is 3.11. The number of methoxy groups -OCH3 is 1. The summed E-state index contributed by atoms with van der Waals surface area (Å²) in [5.74, 6) is 2.01. The number of carbonyl (C=O) groups is 1. The number of aromatic nitrogens is 2. The van der Waals surface area contributed by atoms with Crippen molar-refractivity contribution in [1.82, 2.24) is 15.0 Å². The molecule has 2 aromatic carbocycles. The van der Waals surface area contributed by atoms with Crippen LogP contribution >= 0.6 is 0 Å². The number of aryl methyl sites for hydroxylation is 2. The number of rotatable bonds is 6. The van der Waals surface area contributed by atoms with Gasteiger partial charge in [-0.1, -0.05) is 47.1 Å². The van der Waals surface area contributed by atoms with Crippen LogP contribution in [-0.4, -0.2) is 34.6 Å². The number of benzene rings is 2. The third-order valence-electron chi connectivity index (χ3n) is 5.38. The lowest BCUT2D eigenvalue weighted by molar-refractivity contribution is -0.132. The molecule has 6 nitrogen and oxygen atoms in total. The fourth-order valence-electron chi connectivity index (χ4n) is 3.89. The Balaban J connectivity index is 1.46. The van der Waals surface area contributed by atoms with Gasteiger partial charge in [-0.2, -0.15) is 4.98 Å². The molecule has 0 unspecified atom stereocenters. The van der Waals surface area contributed by atoms with Crippen molar-refractivity contribution in [2.45, 2.75) is 38.6 Å². The van der Waals surface area contributed by atoms with Gasteiger partial charge in [0.1, 0.15) is 11.8 Å². The summed E-state index contributed by atoms with van der Waals surface area (Å²) in [7, 11) is 1.65. The summed E-state index contributed by atoms with van der Waals surface area (Å²) in [6, 6.07) is 15.7. The minimum absolute atomic E-state index is 0.105. The van der Waals surface area contributed by atoms with Crippen LogP contribution in [-0.2, 0) is 11.2 Å². The molecule has 1 aliphatic rings. The maximum atomic E-state index is 12.9. The number of likely N-dealkylation sites (tertiary alicyclic amines) is 1. The topological polar surface area (TPSA) is 68.5 Å². The molecule has 6 heteroatoms. The number of ether oxygens (including phenoxy) is 1. The molecule has 4 rings (SSSR count). The van der Waals surface area contributed by atoms with Gasteiger partial charge in [-0.25, -0.2) is 0 Å². The Hall–Kier alpha value is -3.15. The van der Waals surface area contributed by atoms with E-state index in [-0.39, 0.29) is 11.9 Å². The first kappa shape index (κ1) is 19.2. The van der Waals surface area contributed by atoms with Gasteiger partial charge in [0.15, 0.2) is 0 Å². The zero-order valence-electron chi connectivity index (χ0n) is 16.8. The minimum Gasteiger partial charge on any atom is -0.496 e. The van der Waals surface area contributed by atoms with Crippen molar-refractivity contribution < 1.29 is 14.1 Å². The third-order valence-corrected chi connectivity index (χ3v) is 5.38. The third kappa shape index (κ3) is 4.16. The number of hydrogen-bond donors (Lipinski definition) is 0. The first-order valence-corrected chi connectivity index (χ1v) is 9.97. The smallest absolute Gasteiger partial charge is 0.249 e. The van der Waals surface area contributed by atoms with E-state index in [2.05, 4.69) is 10.1 Å². The van der Waals surface area contributed by atoms with Gasteiger partial charge in [-0.15, -0.1) is 0 Å².